The highest BCUT2D eigenvalue weighted by Crippen LogP contribution is 2.28. The number of morpholine rings is 1. The van der Waals surface area contributed by atoms with E-state index in [0.29, 0.717) is 49.1 Å². The van der Waals surface area contributed by atoms with E-state index >= 15 is 0 Å². The molecule has 3 N–H and O–H groups in total. The molecule has 0 radical (unpaired) electrons. The normalized spacial score (nSPS) is 14.0. The molecule has 1 aliphatic heterocycles. The molecule has 0 atom stereocenters. The number of rotatable bonds is 3. The van der Waals surface area contributed by atoms with Crippen LogP contribution >= 0.6 is 0 Å². The molecule has 29 heavy (non-hydrogen) atoms. The lowest BCUT2D eigenvalue weighted by molar-refractivity contribution is 0.0302. The van der Waals surface area contributed by atoms with E-state index in [1.165, 1.54) is 0 Å². The summed E-state index contributed by atoms with van der Waals surface area (Å²) in [5, 5.41) is 9.50. The van der Waals surface area contributed by atoms with Crippen molar-refractivity contribution in [3.8, 4) is 28.3 Å². The maximum absolute atomic E-state index is 12.8. The van der Waals surface area contributed by atoms with Crippen LogP contribution in [-0.4, -0.2) is 52.2 Å². The molecule has 1 amide bonds. The molecule has 0 bridgehead atoms. The van der Waals surface area contributed by atoms with E-state index in [1.54, 1.807) is 30.5 Å². The summed E-state index contributed by atoms with van der Waals surface area (Å²) in [5.74, 6) is 0.508. The number of nitrogen functional groups attached to an aromatic ring is 1. The summed E-state index contributed by atoms with van der Waals surface area (Å²) in [6.45, 7) is 4.29. The molecule has 1 aromatic heterocycles. The first-order valence-electron chi connectivity index (χ1n) is 9.43. The summed E-state index contributed by atoms with van der Waals surface area (Å²) >= 11 is 0. The zero-order valence-corrected chi connectivity index (χ0v) is 16.1. The van der Waals surface area contributed by atoms with Gasteiger partial charge in [0.2, 0.25) is 0 Å². The standard InChI is InChI=1S/C22H22N4O3/c1-14-12-16(4-7-18(14)22(28)26-8-10-29-11-9-26)19-13-24-21(23)20(25-19)15-2-5-17(27)6-3-15/h2-7,12-13,27H,8-11H2,1H3,(H2,23,24). The number of ether oxygens (including phenoxy) is 1. The summed E-state index contributed by atoms with van der Waals surface area (Å²) in [5.41, 5.74) is 10.4. The molecule has 1 fully saturated rings. The number of benzene rings is 2. The molecule has 2 aromatic carbocycles. The molecular formula is C22H22N4O3. The quantitative estimate of drug-likeness (QED) is 0.713. The molecule has 2 heterocycles. The van der Waals surface area contributed by atoms with Gasteiger partial charge in [0, 0.05) is 29.8 Å². The van der Waals surface area contributed by atoms with E-state index in [9.17, 15) is 9.90 Å². The lowest BCUT2D eigenvalue weighted by Gasteiger charge is -2.27. The van der Waals surface area contributed by atoms with E-state index in [4.69, 9.17) is 10.5 Å². The summed E-state index contributed by atoms with van der Waals surface area (Å²) in [6, 6.07) is 12.3. The van der Waals surface area contributed by atoms with Crippen molar-refractivity contribution >= 4 is 11.7 Å². The Labute approximate surface area is 168 Å². The second-order valence-electron chi connectivity index (χ2n) is 6.97. The van der Waals surface area contributed by atoms with Crippen molar-refractivity contribution in [3.63, 3.8) is 0 Å². The van der Waals surface area contributed by atoms with E-state index < -0.39 is 0 Å². The number of aromatic nitrogens is 2. The molecule has 1 saturated heterocycles. The molecule has 0 saturated carbocycles. The Kier molecular flexibility index (Phi) is 5.14. The largest absolute Gasteiger partial charge is 0.508 e. The van der Waals surface area contributed by atoms with Crippen LogP contribution in [0.4, 0.5) is 5.82 Å². The van der Waals surface area contributed by atoms with Crippen LogP contribution in [-0.2, 0) is 4.74 Å². The number of carbonyl (C=O) groups is 1. The maximum Gasteiger partial charge on any atom is 0.254 e. The Bertz CT molecular complexity index is 1040. The topological polar surface area (TPSA) is 102 Å². The molecule has 0 aliphatic carbocycles. The van der Waals surface area contributed by atoms with E-state index in [-0.39, 0.29) is 11.7 Å². The Morgan fingerprint density at radius 3 is 2.48 bits per heavy atom. The van der Waals surface area contributed by atoms with Crippen molar-refractivity contribution in [2.75, 3.05) is 32.0 Å². The third kappa shape index (κ3) is 3.90. The number of aromatic hydroxyl groups is 1. The van der Waals surface area contributed by atoms with Gasteiger partial charge in [-0.15, -0.1) is 0 Å². The lowest BCUT2D eigenvalue weighted by atomic mass is 10.0. The fourth-order valence-corrected chi connectivity index (χ4v) is 3.37. The van der Waals surface area contributed by atoms with Gasteiger partial charge in [0.25, 0.3) is 5.91 Å². The number of phenols is 1. The molecule has 1 aliphatic rings. The molecule has 148 valence electrons. The van der Waals surface area contributed by atoms with Gasteiger partial charge in [0.05, 0.1) is 25.1 Å². The molecule has 0 unspecified atom stereocenters. The van der Waals surface area contributed by atoms with Crippen molar-refractivity contribution in [2.24, 2.45) is 0 Å². The highest BCUT2D eigenvalue weighted by atomic mass is 16.5. The smallest absolute Gasteiger partial charge is 0.254 e. The first kappa shape index (κ1) is 18.9. The number of aryl methyl sites for hydroxylation is 1. The number of carbonyl (C=O) groups excluding carboxylic acids is 1. The van der Waals surface area contributed by atoms with Crippen LogP contribution in [0, 0.1) is 6.92 Å². The molecule has 0 spiro atoms. The minimum Gasteiger partial charge on any atom is -0.508 e. The van der Waals surface area contributed by atoms with Crippen LogP contribution in [0.3, 0.4) is 0 Å². The van der Waals surface area contributed by atoms with Gasteiger partial charge in [-0.2, -0.15) is 0 Å². The predicted octanol–water partition coefficient (Wildman–Crippen LogP) is 2.88. The Morgan fingerprint density at radius 2 is 1.79 bits per heavy atom. The van der Waals surface area contributed by atoms with Gasteiger partial charge in [-0.3, -0.25) is 4.79 Å². The van der Waals surface area contributed by atoms with Gasteiger partial charge >= 0.3 is 0 Å². The molecule has 3 aromatic rings. The SMILES string of the molecule is Cc1cc(-c2cnc(N)c(-c3ccc(O)cc3)n2)ccc1C(=O)N1CCOCC1. The van der Waals surface area contributed by atoms with Crippen LogP contribution in [0.2, 0.25) is 0 Å². The Balaban J connectivity index is 1.65. The van der Waals surface area contributed by atoms with Crippen LogP contribution in [0.25, 0.3) is 22.5 Å². The van der Waals surface area contributed by atoms with Crippen LogP contribution < -0.4 is 5.73 Å². The molecular weight excluding hydrogens is 368 g/mol. The van der Waals surface area contributed by atoms with Gasteiger partial charge in [-0.05, 0) is 48.9 Å². The molecule has 4 rings (SSSR count). The van der Waals surface area contributed by atoms with E-state index in [1.807, 2.05) is 30.0 Å². The first-order valence-corrected chi connectivity index (χ1v) is 9.43. The number of hydrogen-bond acceptors (Lipinski definition) is 6. The van der Waals surface area contributed by atoms with Crippen LogP contribution in [0.1, 0.15) is 15.9 Å². The van der Waals surface area contributed by atoms with Gasteiger partial charge in [0.1, 0.15) is 17.3 Å². The Hall–Kier alpha value is -3.45. The van der Waals surface area contributed by atoms with E-state index in [0.717, 1.165) is 16.7 Å². The number of amides is 1. The number of nitrogens with two attached hydrogens (primary N) is 1. The van der Waals surface area contributed by atoms with Crippen molar-refractivity contribution in [1.82, 2.24) is 14.9 Å². The van der Waals surface area contributed by atoms with Crippen LogP contribution in [0.15, 0.2) is 48.7 Å². The minimum absolute atomic E-state index is 0.0190. The van der Waals surface area contributed by atoms with E-state index in [2.05, 4.69) is 9.97 Å². The summed E-state index contributed by atoms with van der Waals surface area (Å²) in [4.78, 5) is 23.5. The maximum atomic E-state index is 12.8. The average Bonchev–Trinajstić information content (AvgIpc) is 2.75. The van der Waals surface area contributed by atoms with Gasteiger partial charge in [-0.25, -0.2) is 9.97 Å². The first-order chi connectivity index (χ1) is 14.0. The van der Waals surface area contributed by atoms with Crippen molar-refractivity contribution in [3.05, 3.63) is 59.8 Å². The number of anilines is 1. The fourth-order valence-electron chi connectivity index (χ4n) is 3.37. The van der Waals surface area contributed by atoms with Gasteiger partial charge in [-0.1, -0.05) is 6.07 Å². The zero-order valence-electron chi connectivity index (χ0n) is 16.1. The van der Waals surface area contributed by atoms with Crippen molar-refractivity contribution < 1.29 is 14.6 Å². The molecule has 7 nitrogen and oxygen atoms in total. The van der Waals surface area contributed by atoms with Crippen molar-refractivity contribution in [2.45, 2.75) is 6.92 Å². The minimum atomic E-state index is 0.0190. The zero-order chi connectivity index (χ0) is 20.4. The predicted molar refractivity (Wildman–Crippen MR) is 110 cm³/mol. The second kappa shape index (κ2) is 7.89. The Morgan fingerprint density at radius 1 is 1.10 bits per heavy atom. The third-order valence-corrected chi connectivity index (χ3v) is 4.99. The highest BCUT2D eigenvalue weighted by molar-refractivity contribution is 5.96. The molecule has 7 heteroatoms. The number of phenolic OH excluding ortho intramolecular Hbond substituents is 1. The highest BCUT2D eigenvalue weighted by Gasteiger charge is 2.20. The van der Waals surface area contributed by atoms with Gasteiger partial charge in [0.15, 0.2) is 0 Å². The van der Waals surface area contributed by atoms with Gasteiger partial charge < -0.3 is 20.5 Å². The van der Waals surface area contributed by atoms with Crippen molar-refractivity contribution in [1.29, 1.82) is 0 Å². The lowest BCUT2D eigenvalue weighted by Crippen LogP contribution is -2.40. The fraction of sp³-hybridized carbons (Fsp3) is 0.227. The van der Waals surface area contributed by atoms with Crippen LogP contribution in [0.5, 0.6) is 5.75 Å². The number of hydrogen-bond donors (Lipinski definition) is 2. The monoisotopic (exact) mass is 390 g/mol. The summed E-state index contributed by atoms with van der Waals surface area (Å²) < 4.78 is 5.32. The average molecular weight is 390 g/mol. The summed E-state index contributed by atoms with van der Waals surface area (Å²) in [6.07, 6.45) is 1.62. The second-order valence-corrected chi connectivity index (χ2v) is 6.97. The number of nitrogens with zero attached hydrogens (tertiary/aromatic N) is 3. The summed E-state index contributed by atoms with van der Waals surface area (Å²) in [7, 11) is 0. The third-order valence-electron chi connectivity index (χ3n) is 4.99.